The topological polar surface area (TPSA) is 58.4 Å². The molecule has 0 unspecified atom stereocenters. The number of benzene rings is 1. The van der Waals surface area contributed by atoms with Crippen LogP contribution in [0.1, 0.15) is 30.3 Å². The minimum Gasteiger partial charge on any atom is -0.464 e. The van der Waals surface area contributed by atoms with Gasteiger partial charge in [0.2, 0.25) is 0 Å². The zero-order valence-corrected chi connectivity index (χ0v) is 14.2. The third-order valence-electron chi connectivity index (χ3n) is 4.78. The van der Waals surface area contributed by atoms with Gasteiger partial charge < -0.3 is 14.6 Å². The molecule has 0 atom stereocenters. The molecule has 5 heteroatoms. The molecule has 128 valence electrons. The van der Waals surface area contributed by atoms with Gasteiger partial charge in [0.25, 0.3) is 5.91 Å². The van der Waals surface area contributed by atoms with E-state index in [-0.39, 0.29) is 5.91 Å². The molecule has 0 bridgehead atoms. The normalized spacial score (nSPS) is 15.5. The molecule has 1 saturated heterocycles. The number of amides is 1. The number of likely N-dealkylation sites (tertiary alicyclic amines) is 1. The molecule has 25 heavy (non-hydrogen) atoms. The van der Waals surface area contributed by atoms with Gasteiger partial charge in [-0.2, -0.15) is 0 Å². The number of para-hydroxylation sites is 1. The van der Waals surface area contributed by atoms with Crippen LogP contribution in [0.5, 0.6) is 0 Å². The van der Waals surface area contributed by atoms with Gasteiger partial charge in [0.1, 0.15) is 17.1 Å². The van der Waals surface area contributed by atoms with E-state index in [1.807, 2.05) is 41.3 Å². The third kappa shape index (κ3) is 3.22. The van der Waals surface area contributed by atoms with E-state index in [4.69, 9.17) is 4.42 Å². The molecule has 1 aliphatic heterocycles. The molecule has 2 aromatic heterocycles. The van der Waals surface area contributed by atoms with Crippen molar-refractivity contribution in [2.75, 3.05) is 18.4 Å². The average Bonchev–Trinajstić information content (AvgIpc) is 3.11. The highest BCUT2D eigenvalue weighted by molar-refractivity contribution is 5.99. The first-order valence-corrected chi connectivity index (χ1v) is 8.70. The second-order valence-electron chi connectivity index (χ2n) is 6.65. The Morgan fingerprint density at radius 2 is 1.96 bits per heavy atom. The SMILES string of the molecule is CC1CCN(C(=O)c2cc3occc3c(Nc3ccccc3)n2)CC1. The van der Waals surface area contributed by atoms with Gasteiger partial charge in [0, 0.05) is 24.8 Å². The predicted octanol–water partition coefficient (Wildman–Crippen LogP) is 4.44. The van der Waals surface area contributed by atoms with Crippen LogP contribution in [0.15, 0.2) is 53.1 Å². The van der Waals surface area contributed by atoms with Crippen molar-refractivity contribution in [2.24, 2.45) is 5.92 Å². The number of carbonyl (C=O) groups excluding carboxylic acids is 1. The van der Waals surface area contributed by atoms with Crippen molar-refractivity contribution >= 4 is 28.4 Å². The van der Waals surface area contributed by atoms with Gasteiger partial charge in [0.05, 0.1) is 11.6 Å². The van der Waals surface area contributed by atoms with E-state index in [9.17, 15) is 4.79 Å². The van der Waals surface area contributed by atoms with E-state index in [2.05, 4.69) is 17.2 Å². The quantitative estimate of drug-likeness (QED) is 0.768. The van der Waals surface area contributed by atoms with Crippen LogP contribution < -0.4 is 5.32 Å². The first-order chi connectivity index (χ1) is 12.2. The van der Waals surface area contributed by atoms with Crippen molar-refractivity contribution < 1.29 is 9.21 Å². The molecule has 0 spiro atoms. The van der Waals surface area contributed by atoms with Crippen molar-refractivity contribution in [3.05, 3.63) is 54.4 Å². The maximum atomic E-state index is 12.9. The monoisotopic (exact) mass is 335 g/mol. The smallest absolute Gasteiger partial charge is 0.272 e. The predicted molar refractivity (Wildman–Crippen MR) is 98.0 cm³/mol. The number of hydrogen-bond donors (Lipinski definition) is 1. The summed E-state index contributed by atoms with van der Waals surface area (Å²) < 4.78 is 5.54. The molecule has 5 nitrogen and oxygen atoms in total. The molecule has 4 rings (SSSR count). The highest BCUT2D eigenvalue weighted by Gasteiger charge is 2.23. The number of anilines is 2. The lowest BCUT2D eigenvalue weighted by atomic mass is 9.99. The first-order valence-electron chi connectivity index (χ1n) is 8.70. The van der Waals surface area contributed by atoms with Crippen molar-refractivity contribution in [3.63, 3.8) is 0 Å². The summed E-state index contributed by atoms with van der Waals surface area (Å²) >= 11 is 0. The van der Waals surface area contributed by atoms with Crippen LogP contribution in [0.4, 0.5) is 11.5 Å². The zero-order chi connectivity index (χ0) is 17.2. The minimum absolute atomic E-state index is 0.0266. The number of furan rings is 1. The Kier molecular flexibility index (Phi) is 4.14. The van der Waals surface area contributed by atoms with Crippen molar-refractivity contribution in [1.29, 1.82) is 0 Å². The van der Waals surface area contributed by atoms with Crippen molar-refractivity contribution in [3.8, 4) is 0 Å². The molecular formula is C20H21N3O2. The van der Waals surface area contributed by atoms with Crippen LogP contribution in [0.3, 0.4) is 0 Å². The Balaban J connectivity index is 1.67. The molecule has 3 heterocycles. The average molecular weight is 335 g/mol. The summed E-state index contributed by atoms with van der Waals surface area (Å²) in [6.07, 6.45) is 3.72. The first kappa shape index (κ1) is 15.7. The number of rotatable bonds is 3. The van der Waals surface area contributed by atoms with E-state index < -0.39 is 0 Å². The third-order valence-corrected chi connectivity index (χ3v) is 4.78. The summed E-state index contributed by atoms with van der Waals surface area (Å²) in [4.78, 5) is 19.4. The number of pyridine rings is 1. The lowest BCUT2D eigenvalue weighted by Gasteiger charge is -2.30. The van der Waals surface area contributed by atoms with Gasteiger partial charge in [0.15, 0.2) is 0 Å². The number of fused-ring (bicyclic) bond motifs is 1. The zero-order valence-electron chi connectivity index (χ0n) is 14.2. The molecule has 0 aliphatic carbocycles. The standard InChI is InChI=1S/C20H21N3O2/c1-14-7-10-23(11-8-14)20(24)17-13-18-16(9-12-25-18)19(22-17)21-15-5-3-2-4-6-15/h2-6,9,12-14H,7-8,10-11H2,1H3,(H,21,22). The van der Waals surface area contributed by atoms with Gasteiger partial charge in [-0.05, 0) is 37.0 Å². The van der Waals surface area contributed by atoms with Crippen molar-refractivity contribution in [2.45, 2.75) is 19.8 Å². The number of nitrogens with zero attached hydrogens (tertiary/aromatic N) is 2. The Hall–Kier alpha value is -2.82. The molecule has 3 aromatic rings. The van der Waals surface area contributed by atoms with Gasteiger partial charge in [-0.15, -0.1) is 0 Å². The molecule has 0 radical (unpaired) electrons. The Bertz CT molecular complexity index is 880. The van der Waals surface area contributed by atoms with Crippen LogP contribution in [0.25, 0.3) is 11.0 Å². The second-order valence-corrected chi connectivity index (χ2v) is 6.65. The number of hydrogen-bond acceptors (Lipinski definition) is 4. The van der Waals surface area contributed by atoms with Crippen LogP contribution in [-0.4, -0.2) is 28.9 Å². The molecule has 0 saturated carbocycles. The van der Waals surface area contributed by atoms with E-state index in [0.717, 1.165) is 37.0 Å². The number of aromatic nitrogens is 1. The van der Waals surface area contributed by atoms with Crippen molar-refractivity contribution in [1.82, 2.24) is 9.88 Å². The lowest BCUT2D eigenvalue weighted by molar-refractivity contribution is 0.0691. The van der Waals surface area contributed by atoms with E-state index >= 15 is 0 Å². The maximum absolute atomic E-state index is 12.9. The van der Waals surface area contributed by atoms with Gasteiger partial charge in [-0.1, -0.05) is 25.1 Å². The molecular weight excluding hydrogens is 314 g/mol. The summed E-state index contributed by atoms with van der Waals surface area (Å²) in [5.74, 6) is 1.30. The van der Waals surface area contributed by atoms with E-state index in [1.165, 1.54) is 0 Å². The highest BCUT2D eigenvalue weighted by Crippen LogP contribution is 2.27. The van der Waals surface area contributed by atoms with Gasteiger partial charge in [-0.25, -0.2) is 4.98 Å². The van der Waals surface area contributed by atoms with Crippen LogP contribution in [0.2, 0.25) is 0 Å². The highest BCUT2D eigenvalue weighted by atomic mass is 16.3. The maximum Gasteiger partial charge on any atom is 0.272 e. The minimum atomic E-state index is -0.0266. The second kappa shape index (κ2) is 6.59. The Labute approximate surface area is 146 Å². The molecule has 1 aliphatic rings. The summed E-state index contributed by atoms with van der Waals surface area (Å²) in [6.45, 7) is 3.81. The lowest BCUT2D eigenvalue weighted by Crippen LogP contribution is -2.38. The van der Waals surface area contributed by atoms with Crippen LogP contribution in [0, 0.1) is 5.92 Å². The van der Waals surface area contributed by atoms with Crippen LogP contribution in [-0.2, 0) is 0 Å². The van der Waals surface area contributed by atoms with Crippen LogP contribution >= 0.6 is 0 Å². The number of piperidine rings is 1. The fourth-order valence-corrected chi connectivity index (χ4v) is 3.20. The Morgan fingerprint density at radius 3 is 2.72 bits per heavy atom. The summed E-state index contributed by atoms with van der Waals surface area (Å²) in [5.41, 5.74) is 2.02. The largest absolute Gasteiger partial charge is 0.464 e. The molecule has 1 fully saturated rings. The molecule has 1 amide bonds. The summed E-state index contributed by atoms with van der Waals surface area (Å²) in [7, 11) is 0. The summed E-state index contributed by atoms with van der Waals surface area (Å²) in [6, 6.07) is 13.4. The van der Waals surface area contributed by atoms with Gasteiger partial charge >= 0.3 is 0 Å². The number of nitrogens with one attached hydrogen (secondary N) is 1. The Morgan fingerprint density at radius 1 is 1.20 bits per heavy atom. The van der Waals surface area contributed by atoms with E-state index in [1.54, 1.807) is 12.3 Å². The number of carbonyl (C=O) groups is 1. The van der Waals surface area contributed by atoms with Gasteiger partial charge in [-0.3, -0.25) is 4.79 Å². The fourth-order valence-electron chi connectivity index (χ4n) is 3.20. The van der Waals surface area contributed by atoms with E-state index in [0.29, 0.717) is 23.0 Å². The molecule has 1 aromatic carbocycles. The molecule has 1 N–H and O–H groups in total. The fraction of sp³-hybridized carbons (Fsp3) is 0.300. The summed E-state index contributed by atoms with van der Waals surface area (Å²) in [5, 5.41) is 4.16.